The summed E-state index contributed by atoms with van der Waals surface area (Å²) in [6.45, 7) is 10.9. The van der Waals surface area contributed by atoms with E-state index in [1.807, 2.05) is 16.7 Å². The second-order valence-electron chi connectivity index (χ2n) is 7.51. The maximum absolute atomic E-state index is 13.2. The molecule has 8 heteroatoms. The standard InChI is InChI=1S/C20H29N5OS2/c1-3-4-5-23-6-8-25(9-7-23)20(26)18-21-16-14-28-15(2)17(16)19(22-18)24-10-12-27-13-11-24/h14H,3-13H2,1-2H3. The molecule has 4 rings (SSSR count). The quantitative estimate of drug-likeness (QED) is 0.742. The van der Waals surface area contributed by atoms with E-state index in [4.69, 9.17) is 4.98 Å². The van der Waals surface area contributed by atoms with Gasteiger partial charge in [-0.2, -0.15) is 11.8 Å². The Morgan fingerprint density at radius 1 is 1.11 bits per heavy atom. The van der Waals surface area contributed by atoms with Crippen LogP contribution in [0.1, 0.15) is 35.3 Å². The zero-order valence-electron chi connectivity index (χ0n) is 16.8. The zero-order chi connectivity index (χ0) is 19.5. The fourth-order valence-electron chi connectivity index (χ4n) is 3.89. The highest BCUT2D eigenvalue weighted by Crippen LogP contribution is 2.32. The number of carbonyl (C=O) groups is 1. The lowest BCUT2D eigenvalue weighted by Crippen LogP contribution is -2.49. The predicted octanol–water partition coefficient (Wildman–Crippen LogP) is 3.11. The lowest BCUT2D eigenvalue weighted by molar-refractivity contribution is 0.0624. The molecular weight excluding hydrogens is 390 g/mol. The number of hydrogen-bond acceptors (Lipinski definition) is 7. The van der Waals surface area contributed by atoms with Crippen molar-refractivity contribution in [1.82, 2.24) is 19.8 Å². The van der Waals surface area contributed by atoms with Crippen LogP contribution in [0.4, 0.5) is 5.82 Å². The number of aromatic nitrogens is 2. The lowest BCUT2D eigenvalue weighted by Gasteiger charge is -2.34. The topological polar surface area (TPSA) is 52.6 Å². The molecule has 0 aromatic carbocycles. The SMILES string of the molecule is CCCCN1CCN(C(=O)c2nc(N3CCSCC3)c3c(C)scc3n2)CC1. The highest BCUT2D eigenvalue weighted by Gasteiger charge is 2.27. The van der Waals surface area contributed by atoms with Crippen molar-refractivity contribution in [2.45, 2.75) is 26.7 Å². The van der Waals surface area contributed by atoms with Gasteiger partial charge in [0.15, 0.2) is 0 Å². The molecule has 1 amide bonds. The molecule has 0 atom stereocenters. The Kier molecular flexibility index (Phi) is 6.38. The van der Waals surface area contributed by atoms with E-state index in [1.54, 1.807) is 11.3 Å². The Morgan fingerprint density at radius 3 is 2.57 bits per heavy atom. The third-order valence-electron chi connectivity index (χ3n) is 5.61. The van der Waals surface area contributed by atoms with Crippen molar-refractivity contribution in [3.63, 3.8) is 0 Å². The molecule has 0 radical (unpaired) electrons. The molecule has 0 spiro atoms. The third-order valence-corrected chi connectivity index (χ3v) is 7.45. The molecule has 28 heavy (non-hydrogen) atoms. The predicted molar refractivity (Wildman–Crippen MR) is 119 cm³/mol. The van der Waals surface area contributed by atoms with Crippen LogP contribution in [0.3, 0.4) is 0 Å². The Morgan fingerprint density at radius 2 is 1.86 bits per heavy atom. The molecule has 152 valence electrons. The minimum absolute atomic E-state index is 0.0199. The van der Waals surface area contributed by atoms with Crippen molar-refractivity contribution in [1.29, 1.82) is 0 Å². The highest BCUT2D eigenvalue weighted by atomic mass is 32.2. The van der Waals surface area contributed by atoms with Crippen molar-refractivity contribution < 1.29 is 4.79 Å². The summed E-state index contributed by atoms with van der Waals surface area (Å²) in [5.74, 6) is 3.51. The number of thiophene rings is 1. The summed E-state index contributed by atoms with van der Waals surface area (Å²) in [5, 5.41) is 3.19. The number of hydrogen-bond donors (Lipinski definition) is 0. The van der Waals surface area contributed by atoms with E-state index >= 15 is 0 Å². The van der Waals surface area contributed by atoms with Crippen LogP contribution in [0.2, 0.25) is 0 Å². The van der Waals surface area contributed by atoms with Crippen LogP contribution in [0.15, 0.2) is 5.38 Å². The van der Waals surface area contributed by atoms with Crippen molar-refractivity contribution in [3.05, 3.63) is 16.1 Å². The number of fused-ring (bicyclic) bond motifs is 1. The van der Waals surface area contributed by atoms with Crippen LogP contribution in [0, 0.1) is 6.92 Å². The van der Waals surface area contributed by atoms with Gasteiger partial charge in [-0.15, -0.1) is 11.3 Å². The number of piperazine rings is 1. The number of nitrogens with zero attached hydrogens (tertiary/aromatic N) is 5. The first-order chi connectivity index (χ1) is 13.7. The maximum Gasteiger partial charge on any atom is 0.291 e. The van der Waals surface area contributed by atoms with Gasteiger partial charge in [0.05, 0.1) is 10.9 Å². The van der Waals surface area contributed by atoms with Crippen molar-refractivity contribution in [2.75, 3.05) is 62.2 Å². The van der Waals surface area contributed by atoms with Crippen LogP contribution in [0.25, 0.3) is 10.9 Å². The molecule has 0 aliphatic carbocycles. The number of carbonyl (C=O) groups excluding carboxylic acids is 1. The summed E-state index contributed by atoms with van der Waals surface area (Å²) in [4.78, 5) is 30.6. The number of rotatable bonds is 5. The average molecular weight is 420 g/mol. The van der Waals surface area contributed by atoms with E-state index in [-0.39, 0.29) is 5.91 Å². The summed E-state index contributed by atoms with van der Waals surface area (Å²) in [7, 11) is 0. The summed E-state index contributed by atoms with van der Waals surface area (Å²) in [5.41, 5.74) is 0.913. The van der Waals surface area contributed by atoms with Gasteiger partial charge in [0, 0.05) is 61.0 Å². The summed E-state index contributed by atoms with van der Waals surface area (Å²) < 4.78 is 0. The number of anilines is 1. The van der Waals surface area contributed by atoms with Gasteiger partial charge < -0.3 is 9.80 Å². The first kappa shape index (κ1) is 19.9. The number of amides is 1. The molecule has 2 aliphatic rings. The fourth-order valence-corrected chi connectivity index (χ4v) is 5.57. The van der Waals surface area contributed by atoms with Crippen LogP contribution in [-0.4, -0.2) is 83.0 Å². The van der Waals surface area contributed by atoms with Gasteiger partial charge in [0.1, 0.15) is 5.82 Å². The first-order valence-corrected chi connectivity index (χ1v) is 12.3. The molecule has 2 aromatic heterocycles. The van der Waals surface area contributed by atoms with Crippen molar-refractivity contribution >= 4 is 45.7 Å². The molecule has 2 aliphatic heterocycles. The molecule has 0 unspecified atom stereocenters. The smallest absolute Gasteiger partial charge is 0.291 e. The van der Waals surface area contributed by atoms with Gasteiger partial charge in [0.25, 0.3) is 5.91 Å². The van der Waals surface area contributed by atoms with E-state index in [0.29, 0.717) is 5.82 Å². The van der Waals surface area contributed by atoms with Crippen molar-refractivity contribution in [3.8, 4) is 0 Å². The molecule has 0 bridgehead atoms. The van der Waals surface area contributed by atoms with Crippen molar-refractivity contribution in [2.24, 2.45) is 0 Å². The van der Waals surface area contributed by atoms with Gasteiger partial charge in [-0.25, -0.2) is 9.97 Å². The molecule has 6 nitrogen and oxygen atoms in total. The largest absolute Gasteiger partial charge is 0.354 e. The molecular formula is C20H29N5OS2. The van der Waals surface area contributed by atoms with Crippen LogP contribution in [0.5, 0.6) is 0 Å². The highest BCUT2D eigenvalue weighted by molar-refractivity contribution is 7.99. The monoisotopic (exact) mass is 419 g/mol. The van der Waals surface area contributed by atoms with Gasteiger partial charge in [-0.1, -0.05) is 13.3 Å². The fraction of sp³-hybridized carbons (Fsp3) is 0.650. The molecule has 0 N–H and O–H groups in total. The molecule has 2 saturated heterocycles. The minimum Gasteiger partial charge on any atom is -0.354 e. The summed E-state index contributed by atoms with van der Waals surface area (Å²) in [6.07, 6.45) is 2.44. The Hall–Kier alpha value is -1.38. The van der Waals surface area contributed by atoms with Gasteiger partial charge in [-0.3, -0.25) is 9.69 Å². The lowest BCUT2D eigenvalue weighted by atomic mass is 10.2. The first-order valence-electron chi connectivity index (χ1n) is 10.3. The van der Waals surface area contributed by atoms with Gasteiger partial charge in [0.2, 0.25) is 5.82 Å². The van der Waals surface area contributed by atoms with E-state index < -0.39 is 0 Å². The Bertz CT molecular complexity index is 825. The number of aryl methyl sites for hydroxylation is 1. The second kappa shape index (κ2) is 8.97. The van der Waals surface area contributed by atoms with Crippen LogP contribution in [-0.2, 0) is 0 Å². The molecule has 2 fully saturated rings. The van der Waals surface area contributed by atoms with E-state index in [9.17, 15) is 4.79 Å². The van der Waals surface area contributed by atoms with Crippen LogP contribution < -0.4 is 4.90 Å². The van der Waals surface area contributed by atoms with Gasteiger partial charge in [-0.05, 0) is 19.9 Å². The van der Waals surface area contributed by atoms with E-state index in [0.717, 1.165) is 74.0 Å². The normalized spacial score (nSPS) is 18.8. The maximum atomic E-state index is 13.2. The number of unbranched alkanes of at least 4 members (excludes halogenated alkanes) is 1. The average Bonchev–Trinajstić information content (AvgIpc) is 3.13. The Balaban J connectivity index is 1.56. The van der Waals surface area contributed by atoms with E-state index in [2.05, 4.69) is 34.0 Å². The zero-order valence-corrected chi connectivity index (χ0v) is 18.4. The van der Waals surface area contributed by atoms with E-state index in [1.165, 1.54) is 17.7 Å². The van der Waals surface area contributed by atoms with Crippen LogP contribution >= 0.6 is 23.1 Å². The summed E-state index contributed by atoms with van der Waals surface area (Å²) >= 11 is 3.68. The minimum atomic E-state index is -0.0199. The number of thioether (sulfide) groups is 1. The second-order valence-corrected chi connectivity index (χ2v) is 9.82. The Labute approximate surface area is 175 Å². The molecule has 0 saturated carbocycles. The molecule has 2 aromatic rings. The third kappa shape index (κ3) is 4.14. The molecule has 4 heterocycles. The van der Waals surface area contributed by atoms with Gasteiger partial charge >= 0.3 is 0 Å². The summed E-state index contributed by atoms with van der Waals surface area (Å²) in [6, 6.07) is 0.